The highest BCUT2D eigenvalue weighted by molar-refractivity contribution is 5.89. The number of pyridine rings is 1. The van der Waals surface area contributed by atoms with Crippen molar-refractivity contribution in [2.24, 2.45) is 5.10 Å². The van der Waals surface area contributed by atoms with Crippen molar-refractivity contribution in [3.05, 3.63) is 88.7 Å². The van der Waals surface area contributed by atoms with E-state index >= 15 is 0 Å². The van der Waals surface area contributed by atoms with E-state index in [2.05, 4.69) is 15.5 Å². The van der Waals surface area contributed by atoms with Crippen molar-refractivity contribution in [1.29, 1.82) is 0 Å². The molecule has 29 heavy (non-hydrogen) atoms. The number of nitrogens with one attached hydrogen (secondary N) is 2. The molecule has 0 aliphatic heterocycles. The van der Waals surface area contributed by atoms with E-state index < -0.39 is 12.0 Å². The van der Waals surface area contributed by atoms with Gasteiger partial charge in [-0.1, -0.05) is 48.5 Å². The molecule has 4 aromatic rings. The Morgan fingerprint density at radius 1 is 1.00 bits per heavy atom. The largest absolute Gasteiger partial charge is 0.481 e. The molecule has 0 aliphatic rings. The lowest BCUT2D eigenvalue weighted by molar-refractivity contribution is -0.127. The summed E-state index contributed by atoms with van der Waals surface area (Å²) in [5.74, 6) is 0.188. The molecule has 3 aromatic carbocycles. The molecule has 0 spiro atoms. The van der Waals surface area contributed by atoms with Crippen LogP contribution < -0.4 is 15.7 Å². The van der Waals surface area contributed by atoms with Crippen molar-refractivity contribution in [3.8, 4) is 5.75 Å². The van der Waals surface area contributed by atoms with Gasteiger partial charge in [0, 0.05) is 5.52 Å². The molecule has 0 radical (unpaired) electrons. The Bertz CT molecular complexity index is 1280. The summed E-state index contributed by atoms with van der Waals surface area (Å²) in [4.78, 5) is 27.2. The smallest absolute Gasteiger partial charge is 0.280 e. The molecule has 1 aromatic heterocycles. The quantitative estimate of drug-likeness (QED) is 0.407. The van der Waals surface area contributed by atoms with Gasteiger partial charge in [0.25, 0.3) is 11.5 Å². The topological polar surface area (TPSA) is 83.5 Å². The molecule has 0 saturated carbocycles. The number of fused-ring (bicyclic) bond motifs is 2. The van der Waals surface area contributed by atoms with E-state index in [4.69, 9.17) is 4.74 Å². The number of rotatable bonds is 5. The average Bonchev–Trinajstić information content (AvgIpc) is 2.74. The van der Waals surface area contributed by atoms with Crippen LogP contribution in [-0.2, 0) is 4.79 Å². The number of aromatic amines is 1. The number of para-hydroxylation sites is 1. The first-order valence-corrected chi connectivity index (χ1v) is 9.20. The van der Waals surface area contributed by atoms with Crippen molar-refractivity contribution in [2.45, 2.75) is 13.0 Å². The van der Waals surface area contributed by atoms with Crippen LogP contribution >= 0.6 is 0 Å². The first-order valence-electron chi connectivity index (χ1n) is 9.20. The Balaban J connectivity index is 1.42. The van der Waals surface area contributed by atoms with Crippen LogP contribution in [0.5, 0.6) is 5.75 Å². The van der Waals surface area contributed by atoms with E-state index in [1.807, 2.05) is 66.7 Å². The second-order valence-corrected chi connectivity index (χ2v) is 6.64. The molecule has 1 atom stereocenters. The second kappa shape index (κ2) is 7.98. The molecule has 0 saturated heterocycles. The van der Waals surface area contributed by atoms with Crippen molar-refractivity contribution < 1.29 is 9.53 Å². The molecule has 1 amide bonds. The molecular weight excluding hydrogens is 366 g/mol. The van der Waals surface area contributed by atoms with E-state index in [9.17, 15) is 9.59 Å². The number of ether oxygens (including phenoxy) is 1. The molecule has 1 heterocycles. The molecular formula is C23H19N3O3. The van der Waals surface area contributed by atoms with E-state index in [1.54, 1.807) is 13.0 Å². The average molecular weight is 385 g/mol. The zero-order valence-corrected chi connectivity index (χ0v) is 15.8. The van der Waals surface area contributed by atoms with Crippen LogP contribution in [-0.4, -0.2) is 23.2 Å². The Hall–Kier alpha value is -3.93. The summed E-state index contributed by atoms with van der Waals surface area (Å²) >= 11 is 0. The van der Waals surface area contributed by atoms with Crippen molar-refractivity contribution >= 4 is 33.8 Å². The van der Waals surface area contributed by atoms with E-state index in [0.29, 0.717) is 11.3 Å². The minimum Gasteiger partial charge on any atom is -0.481 e. The number of hydrazone groups is 1. The van der Waals surface area contributed by atoms with Crippen molar-refractivity contribution in [1.82, 2.24) is 10.4 Å². The highest BCUT2D eigenvalue weighted by atomic mass is 16.5. The van der Waals surface area contributed by atoms with Gasteiger partial charge in [-0.15, -0.1) is 0 Å². The van der Waals surface area contributed by atoms with Crippen LogP contribution in [0.2, 0.25) is 0 Å². The summed E-state index contributed by atoms with van der Waals surface area (Å²) in [7, 11) is 0. The van der Waals surface area contributed by atoms with Gasteiger partial charge in [-0.05, 0) is 47.3 Å². The van der Waals surface area contributed by atoms with Gasteiger partial charge in [-0.2, -0.15) is 5.10 Å². The molecule has 6 nitrogen and oxygen atoms in total. The molecule has 0 fully saturated rings. The van der Waals surface area contributed by atoms with Gasteiger partial charge < -0.3 is 9.72 Å². The van der Waals surface area contributed by atoms with Gasteiger partial charge >= 0.3 is 0 Å². The van der Waals surface area contributed by atoms with Crippen LogP contribution in [0.25, 0.3) is 21.7 Å². The summed E-state index contributed by atoms with van der Waals surface area (Å²) in [6, 6.07) is 22.7. The predicted molar refractivity (Wildman–Crippen MR) is 114 cm³/mol. The minimum atomic E-state index is -0.747. The zero-order chi connectivity index (χ0) is 20.2. The Labute approximate surface area is 166 Å². The third-order valence-electron chi connectivity index (χ3n) is 4.56. The van der Waals surface area contributed by atoms with Gasteiger partial charge in [0.15, 0.2) is 6.10 Å². The Morgan fingerprint density at radius 3 is 2.55 bits per heavy atom. The number of amides is 1. The maximum Gasteiger partial charge on any atom is 0.280 e. The first kappa shape index (κ1) is 18.4. The number of benzene rings is 3. The number of hydrogen-bond donors (Lipinski definition) is 2. The van der Waals surface area contributed by atoms with Crippen LogP contribution in [0.3, 0.4) is 0 Å². The number of carbonyl (C=O) groups excluding carboxylic acids is 1. The SMILES string of the molecule is C[C@H](Oc1ccc2ccccc2c1)C(=O)N/N=C\c1cc2ccccc2[nH]c1=O. The normalized spacial score (nSPS) is 12.3. The maximum atomic E-state index is 12.3. The molecule has 2 N–H and O–H groups in total. The predicted octanol–water partition coefficient (Wildman–Crippen LogP) is 3.60. The summed E-state index contributed by atoms with van der Waals surface area (Å²) < 4.78 is 5.71. The van der Waals surface area contributed by atoms with Gasteiger partial charge in [0.2, 0.25) is 0 Å². The lowest BCUT2D eigenvalue weighted by Gasteiger charge is -2.13. The molecule has 0 unspecified atom stereocenters. The van der Waals surface area contributed by atoms with Gasteiger partial charge in [0.1, 0.15) is 5.75 Å². The summed E-state index contributed by atoms with van der Waals surface area (Å²) in [5, 5.41) is 6.91. The number of hydrogen-bond acceptors (Lipinski definition) is 4. The van der Waals surface area contributed by atoms with E-state index in [0.717, 1.165) is 21.7 Å². The van der Waals surface area contributed by atoms with E-state index in [1.165, 1.54) is 6.21 Å². The monoisotopic (exact) mass is 385 g/mol. The molecule has 0 bridgehead atoms. The van der Waals surface area contributed by atoms with Crippen molar-refractivity contribution in [3.63, 3.8) is 0 Å². The lowest BCUT2D eigenvalue weighted by Crippen LogP contribution is -2.33. The van der Waals surface area contributed by atoms with Crippen LogP contribution in [0.4, 0.5) is 0 Å². The van der Waals surface area contributed by atoms with Crippen LogP contribution in [0.15, 0.2) is 82.7 Å². The molecule has 6 heteroatoms. The minimum absolute atomic E-state index is 0.276. The summed E-state index contributed by atoms with van der Waals surface area (Å²) in [6.07, 6.45) is 0.578. The molecule has 4 rings (SSSR count). The van der Waals surface area contributed by atoms with E-state index in [-0.39, 0.29) is 5.56 Å². The number of carbonyl (C=O) groups is 1. The summed E-state index contributed by atoms with van der Waals surface area (Å²) in [6.45, 7) is 1.64. The highest BCUT2D eigenvalue weighted by Gasteiger charge is 2.14. The van der Waals surface area contributed by atoms with Gasteiger partial charge in [0.05, 0.1) is 11.8 Å². The van der Waals surface area contributed by atoms with Gasteiger partial charge in [-0.25, -0.2) is 5.43 Å². The number of aromatic nitrogens is 1. The second-order valence-electron chi connectivity index (χ2n) is 6.64. The molecule has 0 aliphatic carbocycles. The fourth-order valence-electron chi connectivity index (χ4n) is 3.01. The number of nitrogens with zero attached hydrogens (tertiary/aromatic N) is 1. The summed E-state index contributed by atoms with van der Waals surface area (Å²) in [5.41, 5.74) is 3.24. The maximum absolute atomic E-state index is 12.3. The molecule has 144 valence electrons. The first-order chi connectivity index (χ1) is 14.1. The fourth-order valence-corrected chi connectivity index (χ4v) is 3.01. The van der Waals surface area contributed by atoms with Crippen LogP contribution in [0.1, 0.15) is 12.5 Å². The zero-order valence-electron chi connectivity index (χ0n) is 15.8. The van der Waals surface area contributed by atoms with Gasteiger partial charge in [-0.3, -0.25) is 9.59 Å². The third kappa shape index (κ3) is 4.16. The van der Waals surface area contributed by atoms with Crippen LogP contribution in [0, 0.1) is 0 Å². The highest BCUT2D eigenvalue weighted by Crippen LogP contribution is 2.21. The fraction of sp³-hybridized carbons (Fsp3) is 0.0870. The Morgan fingerprint density at radius 2 is 1.72 bits per heavy atom. The number of H-pyrrole nitrogens is 1. The Kier molecular flexibility index (Phi) is 5.07. The standard InChI is InChI=1S/C23H19N3O3/c1-15(29-20-11-10-16-6-2-3-7-17(16)13-20)22(27)26-24-14-19-12-18-8-4-5-9-21(18)25-23(19)28/h2-15H,1H3,(H,25,28)(H,26,27)/b24-14-/t15-/m0/s1. The van der Waals surface area contributed by atoms with Crippen molar-refractivity contribution in [2.75, 3.05) is 0 Å². The lowest BCUT2D eigenvalue weighted by atomic mass is 10.1. The third-order valence-corrected chi connectivity index (χ3v) is 4.56.